The molecule has 1 atom stereocenters. The Labute approximate surface area is 106 Å². The van der Waals surface area contributed by atoms with E-state index in [1.807, 2.05) is 0 Å². The molecule has 0 heterocycles. The molecule has 7 heteroatoms. The molecule has 7 nitrogen and oxygen atoms in total. The van der Waals surface area contributed by atoms with Gasteiger partial charge >= 0.3 is 12.0 Å². The van der Waals surface area contributed by atoms with Crippen molar-refractivity contribution in [3.8, 4) is 0 Å². The summed E-state index contributed by atoms with van der Waals surface area (Å²) in [6, 6.07) is -0.433. The number of carboxylic acid groups (broad SMARTS) is 1. The van der Waals surface area contributed by atoms with Crippen LogP contribution in [0.2, 0.25) is 0 Å². The van der Waals surface area contributed by atoms with Gasteiger partial charge < -0.3 is 21.1 Å². The second kappa shape index (κ2) is 6.23. The number of nitrogens with zero attached hydrogens (tertiary/aromatic N) is 1. The Balaban J connectivity index is 4.26. The highest BCUT2D eigenvalue weighted by molar-refractivity contribution is 5.81. The van der Waals surface area contributed by atoms with Crippen LogP contribution in [0.5, 0.6) is 0 Å². The van der Waals surface area contributed by atoms with Crippen molar-refractivity contribution < 1.29 is 19.5 Å². The number of carboxylic acids is 1. The van der Waals surface area contributed by atoms with E-state index in [0.29, 0.717) is 0 Å². The molecule has 0 aliphatic carbocycles. The molecule has 0 saturated heterocycles. The minimum absolute atomic E-state index is 0.0954. The first-order valence-corrected chi connectivity index (χ1v) is 5.59. The molecule has 0 rings (SSSR count). The van der Waals surface area contributed by atoms with Gasteiger partial charge in [0.2, 0.25) is 5.91 Å². The molecule has 0 saturated carbocycles. The number of hydrogen-bond acceptors (Lipinski definition) is 3. The van der Waals surface area contributed by atoms with Crippen LogP contribution in [0.4, 0.5) is 4.79 Å². The highest BCUT2D eigenvalue weighted by Crippen LogP contribution is 2.12. The van der Waals surface area contributed by atoms with Gasteiger partial charge in [-0.15, -0.1) is 0 Å². The molecule has 0 spiro atoms. The molecule has 0 fully saturated rings. The molecule has 0 aromatic heterocycles. The molecule has 0 aliphatic rings. The number of urea groups is 1. The van der Waals surface area contributed by atoms with Crippen molar-refractivity contribution in [1.82, 2.24) is 10.2 Å². The lowest BCUT2D eigenvalue weighted by Crippen LogP contribution is -2.47. The molecule has 104 valence electrons. The first-order chi connectivity index (χ1) is 8.08. The molecular weight excluding hydrogens is 238 g/mol. The van der Waals surface area contributed by atoms with Gasteiger partial charge in [-0.3, -0.25) is 9.59 Å². The molecule has 4 N–H and O–H groups in total. The summed E-state index contributed by atoms with van der Waals surface area (Å²) >= 11 is 0. The van der Waals surface area contributed by atoms with Gasteiger partial charge in [0.1, 0.15) is 0 Å². The molecule has 0 aromatic carbocycles. The standard InChI is InChI=1S/C11H21N3O4/c1-7(8(15)16)5-14(4)10(18)13-6-11(2,3)9(12)17/h7H,5-6H2,1-4H3,(H2,12,17)(H,13,18)(H,15,16). The summed E-state index contributed by atoms with van der Waals surface area (Å²) in [7, 11) is 1.49. The van der Waals surface area contributed by atoms with Crippen LogP contribution in [0.15, 0.2) is 0 Å². The quantitative estimate of drug-likeness (QED) is 0.616. The van der Waals surface area contributed by atoms with Crippen LogP contribution in [-0.2, 0) is 9.59 Å². The van der Waals surface area contributed by atoms with Gasteiger partial charge in [-0.2, -0.15) is 0 Å². The van der Waals surface area contributed by atoms with Crippen LogP contribution >= 0.6 is 0 Å². The second-order valence-corrected chi connectivity index (χ2v) is 5.03. The number of nitrogens with one attached hydrogen (secondary N) is 1. The first kappa shape index (κ1) is 16.2. The molecule has 3 amide bonds. The smallest absolute Gasteiger partial charge is 0.317 e. The van der Waals surface area contributed by atoms with E-state index in [1.165, 1.54) is 18.9 Å². The minimum Gasteiger partial charge on any atom is -0.481 e. The van der Waals surface area contributed by atoms with Crippen LogP contribution in [0, 0.1) is 11.3 Å². The predicted molar refractivity (Wildman–Crippen MR) is 65.8 cm³/mol. The number of aliphatic carboxylic acids is 1. The van der Waals surface area contributed by atoms with Crippen LogP contribution in [-0.4, -0.2) is 48.1 Å². The van der Waals surface area contributed by atoms with Crippen molar-refractivity contribution in [1.29, 1.82) is 0 Å². The van der Waals surface area contributed by atoms with E-state index in [4.69, 9.17) is 10.8 Å². The zero-order valence-corrected chi connectivity index (χ0v) is 11.2. The molecule has 0 aromatic rings. The molecule has 1 unspecified atom stereocenters. The summed E-state index contributed by atoms with van der Waals surface area (Å²) < 4.78 is 0. The third-order valence-corrected chi connectivity index (χ3v) is 2.66. The largest absolute Gasteiger partial charge is 0.481 e. The third-order valence-electron chi connectivity index (χ3n) is 2.66. The summed E-state index contributed by atoms with van der Waals surface area (Å²) in [6.07, 6.45) is 0. The van der Waals surface area contributed by atoms with E-state index in [1.54, 1.807) is 13.8 Å². The lowest BCUT2D eigenvalue weighted by atomic mass is 9.93. The van der Waals surface area contributed by atoms with Crippen molar-refractivity contribution in [2.24, 2.45) is 17.1 Å². The molecular formula is C11H21N3O4. The van der Waals surface area contributed by atoms with Crippen molar-refractivity contribution in [2.45, 2.75) is 20.8 Å². The number of nitrogens with two attached hydrogens (primary N) is 1. The Morgan fingerprint density at radius 3 is 2.28 bits per heavy atom. The Morgan fingerprint density at radius 1 is 1.39 bits per heavy atom. The summed E-state index contributed by atoms with van der Waals surface area (Å²) in [5.41, 5.74) is 4.33. The Morgan fingerprint density at radius 2 is 1.89 bits per heavy atom. The maximum absolute atomic E-state index is 11.6. The molecule has 0 aliphatic heterocycles. The first-order valence-electron chi connectivity index (χ1n) is 5.59. The number of amides is 3. The normalized spacial score (nSPS) is 12.7. The van der Waals surface area contributed by atoms with E-state index >= 15 is 0 Å². The van der Waals surface area contributed by atoms with Crippen LogP contribution in [0.1, 0.15) is 20.8 Å². The molecule has 0 radical (unpaired) electrons. The Hall–Kier alpha value is -1.79. The van der Waals surface area contributed by atoms with Gasteiger partial charge in [-0.1, -0.05) is 6.92 Å². The van der Waals surface area contributed by atoms with E-state index in [9.17, 15) is 14.4 Å². The van der Waals surface area contributed by atoms with Crippen LogP contribution in [0.3, 0.4) is 0 Å². The topological polar surface area (TPSA) is 113 Å². The fourth-order valence-corrected chi connectivity index (χ4v) is 1.09. The van der Waals surface area contributed by atoms with Gasteiger partial charge in [0, 0.05) is 20.1 Å². The van der Waals surface area contributed by atoms with E-state index < -0.39 is 29.2 Å². The van der Waals surface area contributed by atoms with Crippen LogP contribution < -0.4 is 11.1 Å². The predicted octanol–water partition coefficient (Wildman–Crippen LogP) is -0.140. The zero-order chi connectivity index (χ0) is 14.5. The van der Waals surface area contributed by atoms with Gasteiger partial charge in [0.25, 0.3) is 0 Å². The number of carbonyl (C=O) groups excluding carboxylic acids is 2. The summed E-state index contributed by atoms with van der Waals surface area (Å²) in [5, 5.41) is 11.3. The van der Waals surface area contributed by atoms with Crippen molar-refractivity contribution in [3.63, 3.8) is 0 Å². The minimum atomic E-state index is -0.966. The maximum Gasteiger partial charge on any atom is 0.317 e. The summed E-state index contributed by atoms with van der Waals surface area (Å²) in [5.74, 6) is -2.12. The SMILES string of the molecule is CC(CN(C)C(=O)NCC(C)(C)C(N)=O)C(=O)O. The summed E-state index contributed by atoms with van der Waals surface area (Å²) in [6.45, 7) is 4.95. The second-order valence-electron chi connectivity index (χ2n) is 5.03. The number of primary amides is 1. The van der Waals surface area contributed by atoms with Gasteiger partial charge in [0.05, 0.1) is 11.3 Å². The lowest BCUT2D eigenvalue weighted by Gasteiger charge is -2.24. The molecule has 0 bridgehead atoms. The number of rotatable bonds is 6. The zero-order valence-electron chi connectivity index (χ0n) is 11.2. The maximum atomic E-state index is 11.6. The van der Waals surface area contributed by atoms with E-state index in [0.717, 1.165) is 0 Å². The van der Waals surface area contributed by atoms with Gasteiger partial charge in [-0.25, -0.2) is 4.79 Å². The van der Waals surface area contributed by atoms with Crippen molar-refractivity contribution in [3.05, 3.63) is 0 Å². The molecule has 18 heavy (non-hydrogen) atoms. The lowest BCUT2D eigenvalue weighted by molar-refractivity contribution is -0.141. The fraction of sp³-hybridized carbons (Fsp3) is 0.727. The van der Waals surface area contributed by atoms with E-state index in [-0.39, 0.29) is 13.1 Å². The Bertz CT molecular complexity index is 341. The Kier molecular flexibility index (Phi) is 5.61. The number of carbonyl (C=O) groups is 3. The highest BCUT2D eigenvalue weighted by Gasteiger charge is 2.26. The average Bonchev–Trinajstić information content (AvgIpc) is 2.25. The van der Waals surface area contributed by atoms with Crippen molar-refractivity contribution >= 4 is 17.9 Å². The fourth-order valence-electron chi connectivity index (χ4n) is 1.09. The van der Waals surface area contributed by atoms with Crippen LogP contribution in [0.25, 0.3) is 0 Å². The van der Waals surface area contributed by atoms with Crippen molar-refractivity contribution in [2.75, 3.05) is 20.1 Å². The van der Waals surface area contributed by atoms with E-state index in [2.05, 4.69) is 5.32 Å². The number of hydrogen-bond donors (Lipinski definition) is 3. The summed E-state index contributed by atoms with van der Waals surface area (Å²) in [4.78, 5) is 34.6. The van der Waals surface area contributed by atoms with Gasteiger partial charge in [0.15, 0.2) is 0 Å². The van der Waals surface area contributed by atoms with Gasteiger partial charge in [-0.05, 0) is 13.8 Å². The monoisotopic (exact) mass is 259 g/mol. The third kappa shape index (κ3) is 5.03. The average molecular weight is 259 g/mol. The highest BCUT2D eigenvalue weighted by atomic mass is 16.4.